The van der Waals surface area contributed by atoms with E-state index in [1.165, 1.54) is 19.3 Å². The summed E-state index contributed by atoms with van der Waals surface area (Å²) in [6.07, 6.45) is 5.68. The highest BCUT2D eigenvalue weighted by Gasteiger charge is 2.70. The van der Waals surface area contributed by atoms with Gasteiger partial charge >= 0.3 is 0 Å². The first-order valence-electron chi connectivity index (χ1n) is 9.59. The molecule has 4 aliphatic rings. The Labute approximate surface area is 149 Å². The van der Waals surface area contributed by atoms with Crippen LogP contribution in [0.4, 0.5) is 0 Å². The maximum Gasteiger partial charge on any atom is 0.234 e. The third-order valence-corrected chi connectivity index (χ3v) is 6.57. The molecule has 1 unspecified atom stereocenters. The molecule has 0 spiro atoms. The van der Waals surface area contributed by atoms with Crippen LogP contribution in [0.5, 0.6) is 0 Å². The standard InChI is InChI=1S/C18H30N4O3/c1-21(2)16(23)18-7-6-17(18,12-19-13-18)15-20-24-11-14(25-15)10-22-8-4-3-5-9-22/h14,19H,3-13H2,1-2H3/t14?,17-,18+/m1/s1. The van der Waals surface area contributed by atoms with E-state index < -0.39 is 5.41 Å². The van der Waals surface area contributed by atoms with Gasteiger partial charge in [0.15, 0.2) is 6.61 Å². The van der Waals surface area contributed by atoms with Crippen molar-refractivity contribution in [2.45, 2.75) is 38.2 Å². The van der Waals surface area contributed by atoms with E-state index in [1.807, 2.05) is 14.1 Å². The highest BCUT2D eigenvalue weighted by Crippen LogP contribution is 2.61. The van der Waals surface area contributed by atoms with Crippen molar-refractivity contribution in [2.75, 3.05) is 53.4 Å². The Morgan fingerprint density at radius 2 is 2.08 bits per heavy atom. The SMILES string of the molecule is CN(C)C(=O)[C@@]12CC[C@]1(C1=NOCC(CN3CCCCC3)O1)CNC2. The lowest BCUT2D eigenvalue weighted by Crippen LogP contribution is -2.63. The molecule has 4 rings (SSSR count). The van der Waals surface area contributed by atoms with Crippen molar-refractivity contribution >= 4 is 11.8 Å². The van der Waals surface area contributed by atoms with Gasteiger partial charge in [-0.1, -0.05) is 11.6 Å². The molecule has 1 N–H and O–H groups in total. The third kappa shape index (κ3) is 2.63. The lowest BCUT2D eigenvalue weighted by atomic mass is 9.50. The third-order valence-electron chi connectivity index (χ3n) is 6.57. The van der Waals surface area contributed by atoms with E-state index in [1.54, 1.807) is 4.90 Å². The second-order valence-electron chi connectivity index (χ2n) is 8.26. The molecule has 3 aliphatic heterocycles. The monoisotopic (exact) mass is 350 g/mol. The number of nitrogens with zero attached hydrogens (tertiary/aromatic N) is 3. The smallest absolute Gasteiger partial charge is 0.234 e. The van der Waals surface area contributed by atoms with Crippen LogP contribution in [0.3, 0.4) is 0 Å². The Balaban J connectivity index is 1.49. The van der Waals surface area contributed by atoms with Crippen LogP contribution < -0.4 is 5.32 Å². The fourth-order valence-electron chi connectivity index (χ4n) is 5.05. The maximum absolute atomic E-state index is 12.9. The fourth-order valence-corrected chi connectivity index (χ4v) is 5.05. The van der Waals surface area contributed by atoms with Crippen molar-refractivity contribution in [3.63, 3.8) is 0 Å². The van der Waals surface area contributed by atoms with Gasteiger partial charge in [0, 0.05) is 33.7 Å². The summed E-state index contributed by atoms with van der Waals surface area (Å²) in [5, 5.41) is 7.70. The summed E-state index contributed by atoms with van der Waals surface area (Å²) >= 11 is 0. The Bertz CT molecular complexity index is 561. The molecule has 3 atom stereocenters. The summed E-state index contributed by atoms with van der Waals surface area (Å²) in [6.45, 7) is 5.11. The van der Waals surface area contributed by atoms with Crippen molar-refractivity contribution in [3.8, 4) is 0 Å². The molecule has 7 nitrogen and oxygen atoms in total. The van der Waals surface area contributed by atoms with Crippen molar-refractivity contribution in [1.82, 2.24) is 15.1 Å². The molecule has 3 heterocycles. The quantitative estimate of drug-likeness (QED) is 0.807. The predicted molar refractivity (Wildman–Crippen MR) is 94.2 cm³/mol. The average Bonchev–Trinajstić information content (AvgIpc) is 2.87. The predicted octanol–water partition coefficient (Wildman–Crippen LogP) is 0.659. The van der Waals surface area contributed by atoms with Gasteiger partial charge in [-0.2, -0.15) is 0 Å². The highest BCUT2D eigenvalue weighted by atomic mass is 16.7. The van der Waals surface area contributed by atoms with Gasteiger partial charge < -0.3 is 19.8 Å². The van der Waals surface area contributed by atoms with E-state index >= 15 is 0 Å². The van der Waals surface area contributed by atoms with E-state index in [0.717, 1.165) is 39.0 Å². The van der Waals surface area contributed by atoms with Gasteiger partial charge in [0.05, 0.1) is 10.8 Å². The lowest BCUT2D eigenvalue weighted by molar-refractivity contribution is -0.153. The van der Waals surface area contributed by atoms with Crippen LogP contribution in [0.15, 0.2) is 5.16 Å². The van der Waals surface area contributed by atoms with Gasteiger partial charge in [-0.25, -0.2) is 0 Å². The minimum atomic E-state index is -0.425. The minimum Gasteiger partial charge on any atom is -0.470 e. The molecule has 25 heavy (non-hydrogen) atoms. The van der Waals surface area contributed by atoms with Gasteiger partial charge in [0.1, 0.15) is 6.10 Å². The Kier molecular flexibility index (Phi) is 4.40. The number of rotatable bonds is 4. The number of carbonyl (C=O) groups excluding carboxylic acids is 1. The van der Waals surface area contributed by atoms with Crippen LogP contribution in [0.2, 0.25) is 0 Å². The van der Waals surface area contributed by atoms with Crippen molar-refractivity contribution in [2.24, 2.45) is 16.0 Å². The minimum absolute atomic E-state index is 0.00772. The van der Waals surface area contributed by atoms with E-state index in [9.17, 15) is 4.79 Å². The number of piperidine rings is 1. The summed E-state index contributed by atoms with van der Waals surface area (Å²) in [4.78, 5) is 22.6. The number of hydrogen-bond acceptors (Lipinski definition) is 6. The molecule has 7 heteroatoms. The zero-order valence-electron chi connectivity index (χ0n) is 15.4. The molecule has 0 aromatic heterocycles. The summed E-state index contributed by atoms with van der Waals surface area (Å²) in [7, 11) is 3.66. The molecule has 1 amide bonds. The van der Waals surface area contributed by atoms with Crippen LogP contribution in [0.25, 0.3) is 0 Å². The summed E-state index contributed by atoms with van der Waals surface area (Å²) < 4.78 is 6.33. The van der Waals surface area contributed by atoms with Gasteiger partial charge in [-0.3, -0.25) is 9.69 Å². The van der Waals surface area contributed by atoms with E-state index in [4.69, 9.17) is 9.57 Å². The van der Waals surface area contributed by atoms with Crippen LogP contribution in [-0.2, 0) is 14.4 Å². The number of hydrogen-bond donors (Lipinski definition) is 1. The number of carbonyl (C=O) groups is 1. The summed E-state index contributed by atoms with van der Waals surface area (Å²) in [6, 6.07) is 0. The molecule has 0 aromatic carbocycles. The number of amides is 1. The fraction of sp³-hybridized carbons (Fsp3) is 0.889. The molecule has 0 aromatic rings. The number of ether oxygens (including phenoxy) is 1. The Morgan fingerprint density at radius 3 is 2.76 bits per heavy atom. The zero-order chi connectivity index (χ0) is 17.5. The van der Waals surface area contributed by atoms with Crippen LogP contribution >= 0.6 is 0 Å². The first kappa shape index (κ1) is 17.1. The summed E-state index contributed by atoms with van der Waals surface area (Å²) in [5.74, 6) is 0.820. The van der Waals surface area contributed by atoms with Crippen molar-refractivity contribution < 1.29 is 14.4 Å². The molecule has 0 radical (unpaired) electrons. The number of fused-ring (bicyclic) bond motifs is 1. The van der Waals surface area contributed by atoms with Gasteiger partial charge in [-0.15, -0.1) is 0 Å². The molecular formula is C18H30N4O3. The Hall–Kier alpha value is -1.34. The van der Waals surface area contributed by atoms with Crippen LogP contribution in [0, 0.1) is 10.8 Å². The van der Waals surface area contributed by atoms with Crippen LogP contribution in [0.1, 0.15) is 32.1 Å². The normalized spacial score (nSPS) is 38.0. The number of oxime groups is 1. The zero-order valence-corrected chi connectivity index (χ0v) is 15.4. The highest BCUT2D eigenvalue weighted by molar-refractivity contribution is 5.96. The van der Waals surface area contributed by atoms with Gasteiger partial charge in [0.2, 0.25) is 11.8 Å². The molecule has 140 valence electrons. The average molecular weight is 350 g/mol. The molecule has 2 saturated heterocycles. The van der Waals surface area contributed by atoms with Gasteiger partial charge in [0.25, 0.3) is 0 Å². The molecule has 3 fully saturated rings. The van der Waals surface area contributed by atoms with E-state index in [0.29, 0.717) is 19.0 Å². The van der Waals surface area contributed by atoms with E-state index in [-0.39, 0.29) is 17.4 Å². The van der Waals surface area contributed by atoms with Crippen LogP contribution in [-0.4, -0.2) is 81.1 Å². The first-order chi connectivity index (χ1) is 12.1. The van der Waals surface area contributed by atoms with Crippen molar-refractivity contribution in [3.05, 3.63) is 0 Å². The van der Waals surface area contributed by atoms with E-state index in [2.05, 4.69) is 15.4 Å². The van der Waals surface area contributed by atoms with Gasteiger partial charge in [-0.05, 0) is 38.8 Å². The van der Waals surface area contributed by atoms with Crippen molar-refractivity contribution in [1.29, 1.82) is 0 Å². The maximum atomic E-state index is 12.9. The molecule has 0 bridgehead atoms. The number of likely N-dealkylation sites (tertiary alicyclic amines) is 1. The Morgan fingerprint density at radius 1 is 1.28 bits per heavy atom. The molecule has 1 saturated carbocycles. The second kappa shape index (κ2) is 6.43. The second-order valence-corrected chi connectivity index (χ2v) is 8.26. The topological polar surface area (TPSA) is 66.4 Å². The lowest BCUT2D eigenvalue weighted by Gasteiger charge is -2.54. The first-order valence-corrected chi connectivity index (χ1v) is 9.59. The number of nitrogens with one attached hydrogen (secondary N) is 1. The largest absolute Gasteiger partial charge is 0.470 e. The molecular weight excluding hydrogens is 320 g/mol. The molecule has 1 aliphatic carbocycles. The summed E-state index contributed by atoms with van der Waals surface area (Å²) in [5.41, 5.74) is -0.763.